The van der Waals surface area contributed by atoms with Crippen LogP contribution in [0.5, 0.6) is 0 Å². The van der Waals surface area contributed by atoms with E-state index in [2.05, 4.69) is 5.32 Å². The van der Waals surface area contributed by atoms with Gasteiger partial charge in [-0.05, 0) is 25.1 Å². The van der Waals surface area contributed by atoms with Crippen molar-refractivity contribution in [3.8, 4) is 0 Å². The van der Waals surface area contributed by atoms with Crippen LogP contribution in [-0.2, 0) is 16.1 Å². The van der Waals surface area contributed by atoms with E-state index in [1.807, 2.05) is 6.07 Å². The van der Waals surface area contributed by atoms with E-state index in [1.165, 1.54) is 11.8 Å². The largest absolute Gasteiger partial charge is 0.323 e. The van der Waals surface area contributed by atoms with Gasteiger partial charge in [0, 0.05) is 6.07 Å². The Bertz CT molecular complexity index is 801. The Hall–Kier alpha value is -3.02. The minimum absolute atomic E-state index is 0.0111. The number of carbonyl (C=O) groups excluding carboxylic acids is 3. The van der Waals surface area contributed by atoms with Crippen LogP contribution in [0.15, 0.2) is 48.8 Å². The lowest BCUT2D eigenvalue weighted by Crippen LogP contribution is -2.49. The predicted molar refractivity (Wildman–Crippen MR) is 84.1 cm³/mol. The van der Waals surface area contributed by atoms with Gasteiger partial charge in [-0.2, -0.15) is 4.57 Å². The van der Waals surface area contributed by atoms with Gasteiger partial charge in [-0.3, -0.25) is 19.3 Å². The summed E-state index contributed by atoms with van der Waals surface area (Å²) >= 11 is 0. The zero-order valence-electron chi connectivity index (χ0n) is 12.7. The fourth-order valence-corrected chi connectivity index (χ4v) is 2.53. The van der Waals surface area contributed by atoms with Gasteiger partial charge in [-0.15, -0.1) is 0 Å². The molecule has 0 saturated heterocycles. The number of nitrogens with one attached hydrogen (secondary N) is 1. The summed E-state index contributed by atoms with van der Waals surface area (Å²) in [5, 5.41) is 2.75. The predicted octanol–water partition coefficient (Wildman–Crippen LogP) is 1.16. The van der Waals surface area contributed by atoms with E-state index in [4.69, 9.17) is 0 Å². The Morgan fingerprint density at radius 1 is 1.22 bits per heavy atom. The number of anilines is 2. The fourth-order valence-electron chi connectivity index (χ4n) is 2.53. The number of hydrogen-bond acceptors (Lipinski definition) is 3. The number of Topliss-reactive ketones (excluding diaryl/α,β-unsaturated/α-hetero) is 1. The Balaban J connectivity index is 1.85. The lowest BCUT2D eigenvalue weighted by atomic mass is 10.2. The second kappa shape index (κ2) is 6.00. The minimum atomic E-state index is -0.223. The Labute approximate surface area is 133 Å². The average Bonchev–Trinajstić information content (AvgIpc) is 2.54. The van der Waals surface area contributed by atoms with Crippen LogP contribution in [0.4, 0.5) is 11.4 Å². The molecule has 23 heavy (non-hydrogen) atoms. The summed E-state index contributed by atoms with van der Waals surface area (Å²) in [5.74, 6) is -0.493. The number of para-hydroxylation sites is 2. The number of rotatable bonds is 3. The number of pyridine rings is 1. The second-order valence-corrected chi connectivity index (χ2v) is 5.37. The maximum atomic E-state index is 12.6. The van der Waals surface area contributed by atoms with Crippen molar-refractivity contribution in [1.82, 2.24) is 0 Å². The number of hydrogen-bond donors (Lipinski definition) is 1. The van der Waals surface area contributed by atoms with Crippen molar-refractivity contribution >= 4 is 29.0 Å². The fraction of sp³-hybridized carbons (Fsp3) is 0.176. The molecule has 0 spiro atoms. The summed E-state index contributed by atoms with van der Waals surface area (Å²) in [5.41, 5.74) is 1.84. The van der Waals surface area contributed by atoms with E-state index in [9.17, 15) is 14.4 Å². The maximum absolute atomic E-state index is 12.6. The van der Waals surface area contributed by atoms with E-state index >= 15 is 0 Å². The Morgan fingerprint density at radius 2 is 2.00 bits per heavy atom. The third kappa shape index (κ3) is 3.11. The molecule has 0 aliphatic carbocycles. The molecular formula is C17H16N3O3+. The lowest BCUT2D eigenvalue weighted by Gasteiger charge is -2.28. The molecule has 1 N–H and O–H groups in total. The second-order valence-electron chi connectivity index (χ2n) is 5.37. The first kappa shape index (κ1) is 14.9. The summed E-state index contributed by atoms with van der Waals surface area (Å²) in [6.45, 7) is 1.53. The molecule has 0 saturated carbocycles. The molecule has 0 bridgehead atoms. The Kier molecular flexibility index (Phi) is 3.89. The van der Waals surface area contributed by atoms with Crippen molar-refractivity contribution in [2.24, 2.45) is 0 Å². The summed E-state index contributed by atoms with van der Waals surface area (Å²) in [7, 11) is 0. The zero-order chi connectivity index (χ0) is 16.4. The van der Waals surface area contributed by atoms with Crippen molar-refractivity contribution in [3.63, 3.8) is 0 Å². The molecular weight excluding hydrogens is 294 g/mol. The summed E-state index contributed by atoms with van der Waals surface area (Å²) < 4.78 is 1.65. The van der Waals surface area contributed by atoms with Gasteiger partial charge < -0.3 is 5.32 Å². The monoisotopic (exact) mass is 310 g/mol. The van der Waals surface area contributed by atoms with Crippen molar-refractivity contribution in [2.45, 2.75) is 13.5 Å². The van der Waals surface area contributed by atoms with Crippen LogP contribution in [0.3, 0.4) is 0 Å². The molecule has 3 rings (SSSR count). The van der Waals surface area contributed by atoms with Crippen LogP contribution < -0.4 is 14.8 Å². The van der Waals surface area contributed by atoms with Gasteiger partial charge in [0.25, 0.3) is 5.91 Å². The SMILES string of the molecule is CC(=O)c1ccc[n+](CC(=O)N2CC(=O)Nc3ccccc32)c1. The minimum Gasteiger partial charge on any atom is -0.323 e. The molecule has 1 aliphatic heterocycles. The van der Waals surface area contributed by atoms with E-state index < -0.39 is 0 Å². The van der Waals surface area contributed by atoms with Gasteiger partial charge in [-0.25, -0.2) is 0 Å². The van der Waals surface area contributed by atoms with Gasteiger partial charge >= 0.3 is 0 Å². The number of amides is 2. The third-order valence-corrected chi connectivity index (χ3v) is 3.65. The highest BCUT2D eigenvalue weighted by atomic mass is 16.2. The standard InChI is InChI=1S/C17H15N3O3/c1-12(21)13-5-4-8-19(9-13)11-17(23)20-10-16(22)18-14-6-2-3-7-15(14)20/h2-9H,10-11H2,1H3/p+1. The molecule has 2 amide bonds. The number of aromatic nitrogens is 1. The van der Waals surface area contributed by atoms with E-state index in [-0.39, 0.29) is 30.7 Å². The molecule has 0 atom stereocenters. The van der Waals surface area contributed by atoms with E-state index in [0.29, 0.717) is 16.9 Å². The molecule has 2 heterocycles. The molecule has 6 heteroatoms. The quantitative estimate of drug-likeness (QED) is 0.683. The molecule has 0 radical (unpaired) electrons. The molecule has 116 valence electrons. The Morgan fingerprint density at radius 3 is 2.78 bits per heavy atom. The number of fused-ring (bicyclic) bond motifs is 1. The molecule has 0 unspecified atom stereocenters. The highest BCUT2D eigenvalue weighted by molar-refractivity contribution is 6.09. The van der Waals surface area contributed by atoms with Gasteiger partial charge in [-0.1, -0.05) is 12.1 Å². The lowest BCUT2D eigenvalue weighted by molar-refractivity contribution is -0.684. The first-order valence-corrected chi connectivity index (χ1v) is 7.24. The van der Waals surface area contributed by atoms with Crippen LogP contribution in [0, 0.1) is 0 Å². The van der Waals surface area contributed by atoms with Gasteiger partial charge in [0.05, 0.1) is 16.9 Å². The topological polar surface area (TPSA) is 70.4 Å². The number of benzene rings is 1. The van der Waals surface area contributed by atoms with Gasteiger partial charge in [0.2, 0.25) is 12.5 Å². The van der Waals surface area contributed by atoms with Crippen molar-refractivity contribution in [2.75, 3.05) is 16.8 Å². The van der Waals surface area contributed by atoms with Crippen LogP contribution in [0.25, 0.3) is 0 Å². The zero-order valence-corrected chi connectivity index (χ0v) is 12.7. The molecule has 1 aromatic carbocycles. The average molecular weight is 310 g/mol. The molecule has 1 aromatic heterocycles. The normalized spacial score (nSPS) is 13.3. The molecule has 0 fully saturated rings. The van der Waals surface area contributed by atoms with Crippen LogP contribution >= 0.6 is 0 Å². The highest BCUT2D eigenvalue weighted by Crippen LogP contribution is 2.28. The summed E-state index contributed by atoms with van der Waals surface area (Å²) in [4.78, 5) is 37.3. The van der Waals surface area contributed by atoms with Gasteiger partial charge in [0.1, 0.15) is 6.54 Å². The number of nitrogens with zero attached hydrogens (tertiary/aromatic N) is 2. The van der Waals surface area contributed by atoms with Gasteiger partial charge in [0.15, 0.2) is 18.2 Å². The first-order valence-electron chi connectivity index (χ1n) is 7.24. The summed E-state index contributed by atoms with van der Waals surface area (Å²) in [6.07, 6.45) is 3.36. The first-order chi connectivity index (χ1) is 11.0. The van der Waals surface area contributed by atoms with Crippen molar-refractivity contribution in [3.05, 3.63) is 54.4 Å². The third-order valence-electron chi connectivity index (χ3n) is 3.65. The highest BCUT2D eigenvalue weighted by Gasteiger charge is 2.28. The van der Waals surface area contributed by atoms with Crippen LogP contribution in [0.2, 0.25) is 0 Å². The van der Waals surface area contributed by atoms with Crippen LogP contribution in [0.1, 0.15) is 17.3 Å². The maximum Gasteiger partial charge on any atom is 0.293 e. The summed E-state index contributed by atoms with van der Waals surface area (Å²) in [6, 6.07) is 10.6. The van der Waals surface area contributed by atoms with Crippen molar-refractivity contribution < 1.29 is 19.0 Å². The number of carbonyl (C=O) groups is 3. The van der Waals surface area contributed by atoms with E-state index in [0.717, 1.165) is 0 Å². The smallest absolute Gasteiger partial charge is 0.293 e. The molecule has 6 nitrogen and oxygen atoms in total. The van der Waals surface area contributed by atoms with Crippen LogP contribution in [-0.4, -0.2) is 24.1 Å². The molecule has 1 aliphatic rings. The molecule has 2 aromatic rings. The van der Waals surface area contributed by atoms with Crippen molar-refractivity contribution in [1.29, 1.82) is 0 Å². The van der Waals surface area contributed by atoms with E-state index in [1.54, 1.807) is 47.3 Å². The number of ketones is 1.